The molecule has 1 amide bonds. The SMILES string of the molecule is CC1=NNC(=O)C1CCNc1ncnc2c1cnn2C(C)(C)C. The summed E-state index contributed by atoms with van der Waals surface area (Å²) in [5.41, 5.74) is 3.97. The first-order chi connectivity index (χ1) is 10.9. The molecule has 1 atom stereocenters. The number of hydrogen-bond acceptors (Lipinski definition) is 6. The Morgan fingerprint density at radius 1 is 1.35 bits per heavy atom. The van der Waals surface area contributed by atoms with Gasteiger partial charge in [-0.3, -0.25) is 4.79 Å². The lowest BCUT2D eigenvalue weighted by atomic mass is 10.0. The summed E-state index contributed by atoms with van der Waals surface area (Å²) >= 11 is 0. The quantitative estimate of drug-likeness (QED) is 0.891. The van der Waals surface area contributed by atoms with E-state index in [4.69, 9.17) is 0 Å². The second kappa shape index (κ2) is 5.60. The van der Waals surface area contributed by atoms with Crippen LogP contribution in [0.1, 0.15) is 34.1 Å². The van der Waals surface area contributed by atoms with Crippen LogP contribution in [0.25, 0.3) is 11.0 Å². The van der Waals surface area contributed by atoms with Gasteiger partial charge in [0.1, 0.15) is 12.1 Å². The highest BCUT2D eigenvalue weighted by atomic mass is 16.2. The lowest BCUT2D eigenvalue weighted by Crippen LogP contribution is -2.24. The number of hydrogen-bond donors (Lipinski definition) is 2. The van der Waals surface area contributed by atoms with Crippen molar-refractivity contribution in [3.8, 4) is 0 Å². The van der Waals surface area contributed by atoms with E-state index in [2.05, 4.69) is 51.7 Å². The number of amides is 1. The summed E-state index contributed by atoms with van der Waals surface area (Å²) in [4.78, 5) is 20.3. The summed E-state index contributed by atoms with van der Waals surface area (Å²) in [6.45, 7) is 8.72. The fraction of sp³-hybridized carbons (Fsp3) is 0.533. The number of rotatable bonds is 4. The number of hydrazone groups is 1. The molecule has 2 aromatic rings. The molecule has 0 fully saturated rings. The van der Waals surface area contributed by atoms with Crippen molar-refractivity contribution in [2.45, 2.75) is 39.7 Å². The summed E-state index contributed by atoms with van der Waals surface area (Å²) in [6.07, 6.45) is 3.97. The van der Waals surface area contributed by atoms with Crippen LogP contribution >= 0.6 is 0 Å². The van der Waals surface area contributed by atoms with Gasteiger partial charge in [0.2, 0.25) is 5.91 Å². The number of carbonyl (C=O) groups excluding carboxylic acids is 1. The fourth-order valence-electron chi connectivity index (χ4n) is 2.64. The Hall–Kier alpha value is -2.51. The smallest absolute Gasteiger partial charge is 0.248 e. The van der Waals surface area contributed by atoms with Crippen molar-refractivity contribution in [3.05, 3.63) is 12.5 Å². The molecule has 0 radical (unpaired) electrons. The van der Waals surface area contributed by atoms with Gasteiger partial charge in [0, 0.05) is 12.3 Å². The lowest BCUT2D eigenvalue weighted by molar-refractivity contribution is -0.122. The summed E-state index contributed by atoms with van der Waals surface area (Å²) in [5.74, 6) is 0.522. The number of fused-ring (bicyclic) bond motifs is 1. The molecule has 8 nitrogen and oxygen atoms in total. The van der Waals surface area contributed by atoms with E-state index in [0.717, 1.165) is 22.6 Å². The van der Waals surface area contributed by atoms with Crippen molar-refractivity contribution >= 4 is 28.5 Å². The maximum absolute atomic E-state index is 11.7. The van der Waals surface area contributed by atoms with E-state index in [9.17, 15) is 4.79 Å². The number of anilines is 1. The van der Waals surface area contributed by atoms with Crippen molar-refractivity contribution < 1.29 is 4.79 Å². The second-order valence-corrected chi connectivity index (χ2v) is 6.68. The topological polar surface area (TPSA) is 97.1 Å². The highest BCUT2D eigenvalue weighted by molar-refractivity contribution is 6.06. The van der Waals surface area contributed by atoms with Crippen LogP contribution < -0.4 is 10.7 Å². The molecule has 1 unspecified atom stereocenters. The predicted molar refractivity (Wildman–Crippen MR) is 88.2 cm³/mol. The Kier molecular flexibility index (Phi) is 3.75. The minimum atomic E-state index is -0.169. The first-order valence-electron chi connectivity index (χ1n) is 7.65. The number of nitrogens with zero attached hydrogens (tertiary/aromatic N) is 5. The molecule has 0 saturated heterocycles. The fourth-order valence-corrected chi connectivity index (χ4v) is 2.64. The Labute approximate surface area is 134 Å². The standard InChI is InChI=1S/C15H21N7O/c1-9-10(14(23)21-20-9)5-6-16-12-11-7-19-22(15(2,3)4)13(11)18-8-17-12/h7-8,10H,5-6H2,1-4H3,(H,21,23)(H,16,17,18). The van der Waals surface area contributed by atoms with E-state index >= 15 is 0 Å². The maximum Gasteiger partial charge on any atom is 0.248 e. The van der Waals surface area contributed by atoms with E-state index in [1.807, 2.05) is 11.6 Å². The highest BCUT2D eigenvalue weighted by Gasteiger charge is 2.26. The molecule has 8 heteroatoms. The monoisotopic (exact) mass is 315 g/mol. The molecule has 0 spiro atoms. The minimum absolute atomic E-state index is 0.0438. The molecular weight excluding hydrogens is 294 g/mol. The van der Waals surface area contributed by atoms with Gasteiger partial charge in [0.15, 0.2) is 5.65 Å². The number of nitrogens with one attached hydrogen (secondary N) is 2. The summed E-state index contributed by atoms with van der Waals surface area (Å²) in [7, 11) is 0. The Morgan fingerprint density at radius 3 is 2.78 bits per heavy atom. The third kappa shape index (κ3) is 2.88. The van der Waals surface area contributed by atoms with Gasteiger partial charge >= 0.3 is 0 Å². The van der Waals surface area contributed by atoms with Crippen molar-refractivity contribution in [1.29, 1.82) is 0 Å². The van der Waals surface area contributed by atoms with Crippen molar-refractivity contribution in [2.75, 3.05) is 11.9 Å². The maximum atomic E-state index is 11.7. The molecule has 2 N–H and O–H groups in total. The molecule has 3 heterocycles. The molecule has 1 aliphatic rings. The molecular formula is C15H21N7O. The zero-order valence-corrected chi connectivity index (χ0v) is 13.8. The first-order valence-corrected chi connectivity index (χ1v) is 7.65. The molecule has 0 aliphatic carbocycles. The Morgan fingerprint density at radius 2 is 2.13 bits per heavy atom. The predicted octanol–water partition coefficient (Wildman–Crippen LogP) is 1.51. The highest BCUT2D eigenvalue weighted by Crippen LogP contribution is 2.24. The third-order valence-electron chi connectivity index (χ3n) is 3.89. The van der Waals surface area contributed by atoms with Gasteiger partial charge in [-0.2, -0.15) is 10.2 Å². The molecule has 0 saturated carbocycles. The average Bonchev–Trinajstić information content (AvgIpc) is 3.05. The van der Waals surface area contributed by atoms with Gasteiger partial charge in [0.05, 0.1) is 23.0 Å². The zero-order valence-electron chi connectivity index (χ0n) is 13.8. The van der Waals surface area contributed by atoms with Gasteiger partial charge in [-0.1, -0.05) is 0 Å². The van der Waals surface area contributed by atoms with Gasteiger partial charge in [0.25, 0.3) is 0 Å². The number of carbonyl (C=O) groups is 1. The summed E-state index contributed by atoms with van der Waals surface area (Å²) < 4.78 is 1.89. The molecule has 2 aromatic heterocycles. The van der Waals surface area contributed by atoms with E-state index in [1.165, 1.54) is 6.33 Å². The largest absolute Gasteiger partial charge is 0.369 e. The zero-order chi connectivity index (χ0) is 16.6. The van der Waals surface area contributed by atoms with Crippen LogP contribution in [0.3, 0.4) is 0 Å². The van der Waals surface area contributed by atoms with Crippen LogP contribution in [0.4, 0.5) is 5.82 Å². The van der Waals surface area contributed by atoms with E-state index < -0.39 is 0 Å². The summed E-state index contributed by atoms with van der Waals surface area (Å²) in [5, 5.41) is 12.5. The van der Waals surface area contributed by atoms with Crippen LogP contribution in [0, 0.1) is 5.92 Å². The van der Waals surface area contributed by atoms with Crippen LogP contribution in [0.5, 0.6) is 0 Å². The molecule has 3 rings (SSSR count). The Balaban J connectivity index is 1.75. The van der Waals surface area contributed by atoms with E-state index in [-0.39, 0.29) is 17.4 Å². The van der Waals surface area contributed by atoms with Crippen molar-refractivity contribution in [2.24, 2.45) is 11.0 Å². The van der Waals surface area contributed by atoms with Crippen LogP contribution in [-0.2, 0) is 10.3 Å². The lowest BCUT2D eigenvalue weighted by Gasteiger charge is -2.19. The van der Waals surface area contributed by atoms with Crippen molar-refractivity contribution in [1.82, 2.24) is 25.2 Å². The average molecular weight is 315 g/mol. The second-order valence-electron chi connectivity index (χ2n) is 6.68. The van der Waals surface area contributed by atoms with Crippen molar-refractivity contribution in [3.63, 3.8) is 0 Å². The molecule has 1 aliphatic heterocycles. The van der Waals surface area contributed by atoms with Crippen LogP contribution in [0.2, 0.25) is 0 Å². The third-order valence-corrected chi connectivity index (χ3v) is 3.89. The number of aromatic nitrogens is 4. The van der Waals surface area contributed by atoms with Gasteiger partial charge in [-0.05, 0) is 34.1 Å². The molecule has 0 aromatic carbocycles. The normalized spacial score (nSPS) is 18.2. The molecule has 23 heavy (non-hydrogen) atoms. The van der Waals surface area contributed by atoms with Gasteiger partial charge in [-0.25, -0.2) is 20.1 Å². The van der Waals surface area contributed by atoms with E-state index in [1.54, 1.807) is 6.20 Å². The summed E-state index contributed by atoms with van der Waals surface area (Å²) in [6, 6.07) is 0. The van der Waals surface area contributed by atoms with Gasteiger partial charge in [-0.15, -0.1) is 0 Å². The van der Waals surface area contributed by atoms with Gasteiger partial charge < -0.3 is 5.32 Å². The molecule has 122 valence electrons. The van der Waals surface area contributed by atoms with Crippen LogP contribution in [-0.4, -0.2) is 37.9 Å². The van der Waals surface area contributed by atoms with E-state index in [0.29, 0.717) is 13.0 Å². The minimum Gasteiger partial charge on any atom is -0.369 e. The Bertz CT molecular complexity index is 772. The first kappa shape index (κ1) is 15.4. The molecule has 0 bridgehead atoms. The van der Waals surface area contributed by atoms with Crippen LogP contribution in [0.15, 0.2) is 17.6 Å².